The molecule has 1 aromatic heterocycles. The molecular formula is C11H8Cl2N2O2. The third kappa shape index (κ3) is 2.99. The number of rotatable bonds is 3. The molecule has 0 bridgehead atoms. The molecule has 2 aromatic rings. The summed E-state index contributed by atoms with van der Waals surface area (Å²) in [7, 11) is 0. The predicted octanol–water partition coefficient (Wildman–Crippen LogP) is 2.91. The minimum atomic E-state index is -0.228. The summed E-state index contributed by atoms with van der Waals surface area (Å²) < 4.78 is 6.63. The molecule has 0 saturated carbocycles. The van der Waals surface area contributed by atoms with E-state index in [4.69, 9.17) is 27.9 Å². The highest BCUT2D eigenvalue weighted by Crippen LogP contribution is 2.27. The van der Waals surface area contributed by atoms with Crippen molar-refractivity contribution in [3.63, 3.8) is 0 Å². The van der Waals surface area contributed by atoms with Crippen LogP contribution in [0.4, 0.5) is 0 Å². The third-order valence-electron chi connectivity index (χ3n) is 2.04. The Kier molecular flexibility index (Phi) is 3.66. The zero-order valence-electron chi connectivity index (χ0n) is 8.64. The van der Waals surface area contributed by atoms with Gasteiger partial charge in [0.15, 0.2) is 6.61 Å². The zero-order chi connectivity index (χ0) is 12.3. The van der Waals surface area contributed by atoms with Gasteiger partial charge in [0.2, 0.25) is 0 Å². The number of carbonyl (C=O) groups excluding carboxylic acids is 1. The maximum Gasteiger partial charge on any atom is 0.269 e. The highest BCUT2D eigenvalue weighted by molar-refractivity contribution is 6.35. The van der Waals surface area contributed by atoms with Crippen LogP contribution in [0.3, 0.4) is 0 Å². The molecule has 0 spiro atoms. The van der Waals surface area contributed by atoms with Crippen molar-refractivity contribution >= 4 is 29.1 Å². The van der Waals surface area contributed by atoms with Gasteiger partial charge in [0.25, 0.3) is 5.91 Å². The summed E-state index contributed by atoms with van der Waals surface area (Å²) in [5.41, 5.74) is 0. The molecular weight excluding hydrogens is 263 g/mol. The molecule has 0 aliphatic heterocycles. The second kappa shape index (κ2) is 5.21. The molecule has 0 amide bonds. The smallest absolute Gasteiger partial charge is 0.269 e. The Hall–Kier alpha value is -1.52. The Balaban J connectivity index is 2.01. The molecule has 4 nitrogen and oxygen atoms in total. The minimum absolute atomic E-state index is 0.113. The van der Waals surface area contributed by atoms with Crippen LogP contribution in [0.2, 0.25) is 10.0 Å². The first-order valence-electron chi connectivity index (χ1n) is 4.76. The number of imidazole rings is 1. The van der Waals surface area contributed by atoms with Crippen LogP contribution in [0.1, 0.15) is 4.79 Å². The number of carbonyl (C=O) groups is 1. The highest BCUT2D eigenvalue weighted by Gasteiger charge is 2.07. The fourth-order valence-electron chi connectivity index (χ4n) is 1.21. The van der Waals surface area contributed by atoms with Gasteiger partial charge in [-0.3, -0.25) is 9.36 Å². The molecule has 0 saturated heterocycles. The van der Waals surface area contributed by atoms with Crippen LogP contribution < -0.4 is 4.74 Å². The minimum Gasteiger partial charge on any atom is -0.482 e. The van der Waals surface area contributed by atoms with Crippen molar-refractivity contribution in [3.8, 4) is 5.75 Å². The first kappa shape index (κ1) is 12.0. The van der Waals surface area contributed by atoms with Gasteiger partial charge in [-0.05, 0) is 18.2 Å². The van der Waals surface area contributed by atoms with Crippen molar-refractivity contribution in [1.82, 2.24) is 9.55 Å². The predicted molar refractivity (Wildman–Crippen MR) is 64.8 cm³/mol. The maximum atomic E-state index is 11.6. The van der Waals surface area contributed by atoms with Crippen molar-refractivity contribution in [2.45, 2.75) is 0 Å². The van der Waals surface area contributed by atoms with E-state index in [9.17, 15) is 4.79 Å². The van der Waals surface area contributed by atoms with Crippen LogP contribution in [0.5, 0.6) is 5.75 Å². The van der Waals surface area contributed by atoms with E-state index >= 15 is 0 Å². The first-order valence-corrected chi connectivity index (χ1v) is 5.51. The van der Waals surface area contributed by atoms with Gasteiger partial charge in [0.05, 0.1) is 5.02 Å². The number of ether oxygens (including phenoxy) is 1. The summed E-state index contributed by atoms with van der Waals surface area (Å²) in [5.74, 6) is 0.193. The lowest BCUT2D eigenvalue weighted by Gasteiger charge is -2.07. The summed E-state index contributed by atoms with van der Waals surface area (Å²) in [4.78, 5) is 15.4. The number of halogens is 2. The van der Waals surface area contributed by atoms with Crippen LogP contribution in [0, 0.1) is 0 Å². The summed E-state index contributed by atoms with van der Waals surface area (Å²) in [5, 5.41) is 0.888. The fraction of sp³-hybridized carbons (Fsp3) is 0.0909. The molecule has 0 radical (unpaired) electrons. The molecule has 0 unspecified atom stereocenters. The lowest BCUT2D eigenvalue weighted by atomic mass is 10.3. The number of aromatic nitrogens is 2. The molecule has 0 N–H and O–H groups in total. The van der Waals surface area contributed by atoms with E-state index in [2.05, 4.69) is 4.98 Å². The molecule has 0 aliphatic carbocycles. The maximum absolute atomic E-state index is 11.6. The van der Waals surface area contributed by atoms with Gasteiger partial charge >= 0.3 is 0 Å². The van der Waals surface area contributed by atoms with E-state index in [0.717, 1.165) is 0 Å². The average Bonchev–Trinajstić information content (AvgIpc) is 2.81. The average molecular weight is 271 g/mol. The summed E-state index contributed by atoms with van der Waals surface area (Å²) in [6, 6.07) is 4.82. The Bertz CT molecular complexity index is 526. The van der Waals surface area contributed by atoms with E-state index in [1.165, 1.54) is 17.1 Å². The number of hydrogen-bond donors (Lipinski definition) is 0. The summed E-state index contributed by atoms with van der Waals surface area (Å²) in [6.07, 6.45) is 4.48. The normalized spacial score (nSPS) is 10.2. The van der Waals surface area contributed by atoms with E-state index in [1.807, 2.05) is 0 Å². The Labute approximate surface area is 108 Å². The second-order valence-electron chi connectivity index (χ2n) is 3.23. The van der Waals surface area contributed by atoms with Crippen molar-refractivity contribution in [2.75, 3.05) is 6.61 Å². The molecule has 1 aromatic carbocycles. The van der Waals surface area contributed by atoms with Gasteiger partial charge in [-0.1, -0.05) is 23.2 Å². The monoisotopic (exact) mass is 270 g/mol. The van der Waals surface area contributed by atoms with E-state index in [0.29, 0.717) is 15.8 Å². The van der Waals surface area contributed by atoms with E-state index in [-0.39, 0.29) is 12.5 Å². The molecule has 17 heavy (non-hydrogen) atoms. The van der Waals surface area contributed by atoms with Gasteiger partial charge in [0.1, 0.15) is 12.1 Å². The lowest BCUT2D eigenvalue weighted by Crippen LogP contribution is -2.17. The quantitative estimate of drug-likeness (QED) is 0.862. The van der Waals surface area contributed by atoms with Gasteiger partial charge in [-0.15, -0.1) is 0 Å². The second-order valence-corrected chi connectivity index (χ2v) is 4.07. The number of hydrogen-bond acceptors (Lipinski definition) is 3. The zero-order valence-corrected chi connectivity index (χ0v) is 10.1. The van der Waals surface area contributed by atoms with E-state index < -0.39 is 0 Å². The van der Waals surface area contributed by atoms with Crippen LogP contribution in [-0.4, -0.2) is 22.1 Å². The number of benzene rings is 1. The van der Waals surface area contributed by atoms with Gasteiger partial charge in [-0.2, -0.15) is 0 Å². The van der Waals surface area contributed by atoms with Crippen molar-refractivity contribution in [3.05, 3.63) is 47.0 Å². The molecule has 0 atom stereocenters. The molecule has 6 heteroatoms. The van der Waals surface area contributed by atoms with Crippen molar-refractivity contribution in [2.24, 2.45) is 0 Å². The topological polar surface area (TPSA) is 44.1 Å². The largest absolute Gasteiger partial charge is 0.482 e. The van der Waals surface area contributed by atoms with E-state index in [1.54, 1.807) is 24.4 Å². The first-order chi connectivity index (χ1) is 8.16. The Morgan fingerprint density at radius 1 is 1.41 bits per heavy atom. The summed E-state index contributed by atoms with van der Waals surface area (Å²) in [6.45, 7) is -0.113. The fourth-order valence-corrected chi connectivity index (χ4v) is 1.68. The van der Waals surface area contributed by atoms with Crippen LogP contribution >= 0.6 is 23.2 Å². The van der Waals surface area contributed by atoms with Gasteiger partial charge in [0, 0.05) is 17.4 Å². The molecule has 2 rings (SSSR count). The van der Waals surface area contributed by atoms with Gasteiger partial charge < -0.3 is 4.74 Å². The SMILES string of the molecule is O=C(COc1ccc(Cl)cc1Cl)n1ccnc1. The Morgan fingerprint density at radius 2 is 2.24 bits per heavy atom. The standard InChI is InChI=1S/C11H8Cl2N2O2/c12-8-1-2-10(9(13)5-8)17-6-11(16)15-4-3-14-7-15/h1-5,7H,6H2. The lowest BCUT2D eigenvalue weighted by molar-refractivity contribution is 0.0837. The van der Waals surface area contributed by atoms with Crippen LogP contribution in [0.25, 0.3) is 0 Å². The number of nitrogens with zero attached hydrogens (tertiary/aromatic N) is 2. The van der Waals surface area contributed by atoms with Crippen molar-refractivity contribution < 1.29 is 9.53 Å². The molecule has 88 valence electrons. The molecule has 1 heterocycles. The van der Waals surface area contributed by atoms with Crippen LogP contribution in [-0.2, 0) is 0 Å². The highest BCUT2D eigenvalue weighted by atomic mass is 35.5. The van der Waals surface area contributed by atoms with Crippen LogP contribution in [0.15, 0.2) is 36.9 Å². The Morgan fingerprint density at radius 3 is 2.88 bits per heavy atom. The summed E-state index contributed by atoms with van der Waals surface area (Å²) >= 11 is 11.6. The van der Waals surface area contributed by atoms with Gasteiger partial charge in [-0.25, -0.2) is 4.98 Å². The van der Waals surface area contributed by atoms with Crippen molar-refractivity contribution in [1.29, 1.82) is 0 Å². The molecule has 0 fully saturated rings. The molecule has 0 aliphatic rings. The third-order valence-corrected chi connectivity index (χ3v) is 2.57.